The third kappa shape index (κ3) is 7.39. The Morgan fingerprint density at radius 1 is 1.35 bits per heavy atom. The number of rotatable bonds is 8. The summed E-state index contributed by atoms with van der Waals surface area (Å²) in [7, 11) is 0. The third-order valence-corrected chi connectivity index (χ3v) is 3.88. The smallest absolute Gasteiger partial charge is 0.0900 e. The van der Waals surface area contributed by atoms with E-state index in [4.69, 9.17) is 4.74 Å². The number of thiophene rings is 1. The summed E-state index contributed by atoms with van der Waals surface area (Å²) in [4.78, 5) is 5.01. The first kappa shape index (κ1) is 17.6. The van der Waals surface area contributed by atoms with Crippen LogP contribution in [0, 0.1) is 6.92 Å². The Balaban J connectivity index is 2.45. The highest BCUT2D eigenvalue weighted by Gasteiger charge is 2.16. The lowest BCUT2D eigenvalue weighted by Crippen LogP contribution is -2.36. The zero-order valence-corrected chi connectivity index (χ0v) is 14.3. The summed E-state index contributed by atoms with van der Waals surface area (Å²) < 4.78 is 5.65. The lowest BCUT2D eigenvalue weighted by Gasteiger charge is -2.26. The van der Waals surface area contributed by atoms with E-state index in [1.165, 1.54) is 9.75 Å². The number of hydrogen-bond acceptors (Lipinski definition) is 4. The van der Waals surface area contributed by atoms with Gasteiger partial charge in [-0.25, -0.2) is 0 Å². The van der Waals surface area contributed by atoms with Crippen LogP contribution in [0.3, 0.4) is 0 Å². The van der Waals surface area contributed by atoms with Crippen LogP contribution in [-0.4, -0.2) is 41.4 Å². The molecule has 0 saturated carbocycles. The molecule has 0 fully saturated rings. The molecule has 0 aliphatic rings. The van der Waals surface area contributed by atoms with Gasteiger partial charge in [0.25, 0.3) is 0 Å². The number of nitrogens with zero attached hydrogens (tertiary/aromatic N) is 1. The summed E-state index contributed by atoms with van der Waals surface area (Å²) in [6.07, 6.45) is 0.666. The molecular formula is C16H29NO2S. The van der Waals surface area contributed by atoms with Crippen molar-refractivity contribution in [2.24, 2.45) is 0 Å². The number of aryl methyl sites for hydroxylation is 1. The Hall–Kier alpha value is -0.420. The van der Waals surface area contributed by atoms with Gasteiger partial charge in [-0.3, -0.25) is 4.90 Å². The molecule has 0 amide bonds. The molecule has 20 heavy (non-hydrogen) atoms. The normalized spacial score (nSPS) is 13.9. The zero-order valence-electron chi connectivity index (χ0n) is 13.5. The van der Waals surface area contributed by atoms with Crippen LogP contribution in [0.5, 0.6) is 0 Å². The summed E-state index contributed by atoms with van der Waals surface area (Å²) in [6, 6.07) is 4.34. The highest BCUT2D eigenvalue weighted by molar-refractivity contribution is 7.11. The van der Waals surface area contributed by atoms with Gasteiger partial charge in [0.05, 0.1) is 18.3 Å². The Morgan fingerprint density at radius 3 is 2.55 bits per heavy atom. The van der Waals surface area contributed by atoms with Gasteiger partial charge in [0.2, 0.25) is 0 Å². The van der Waals surface area contributed by atoms with Crippen molar-refractivity contribution < 1.29 is 9.84 Å². The second kappa shape index (κ2) is 8.13. The predicted octanol–water partition coefficient (Wildman–Crippen LogP) is 3.44. The SMILES string of the molecule is CCCN(Cc1ccc(C)s1)CC(O)COC(C)(C)C. The van der Waals surface area contributed by atoms with Gasteiger partial charge in [-0.2, -0.15) is 0 Å². The minimum absolute atomic E-state index is 0.193. The second-order valence-electron chi connectivity index (χ2n) is 6.32. The highest BCUT2D eigenvalue weighted by atomic mass is 32.1. The molecule has 0 aliphatic carbocycles. The number of ether oxygens (including phenoxy) is 1. The Labute approximate surface area is 127 Å². The van der Waals surface area contributed by atoms with E-state index in [2.05, 4.69) is 30.9 Å². The molecule has 3 nitrogen and oxygen atoms in total. The lowest BCUT2D eigenvalue weighted by molar-refractivity contribution is -0.0566. The van der Waals surface area contributed by atoms with Crippen molar-refractivity contribution in [1.82, 2.24) is 4.90 Å². The van der Waals surface area contributed by atoms with Crippen molar-refractivity contribution in [2.45, 2.75) is 59.3 Å². The van der Waals surface area contributed by atoms with Crippen LogP contribution in [0.15, 0.2) is 12.1 Å². The molecule has 0 saturated heterocycles. The average molecular weight is 299 g/mol. The minimum Gasteiger partial charge on any atom is -0.389 e. The lowest BCUT2D eigenvalue weighted by atomic mass is 10.2. The van der Waals surface area contributed by atoms with Gasteiger partial charge in [-0.1, -0.05) is 6.92 Å². The van der Waals surface area contributed by atoms with Gasteiger partial charge in [0.15, 0.2) is 0 Å². The van der Waals surface area contributed by atoms with E-state index in [0.29, 0.717) is 13.2 Å². The second-order valence-corrected chi connectivity index (χ2v) is 7.70. The molecule has 1 atom stereocenters. The molecule has 1 heterocycles. The van der Waals surface area contributed by atoms with E-state index < -0.39 is 6.10 Å². The monoisotopic (exact) mass is 299 g/mol. The largest absolute Gasteiger partial charge is 0.389 e. The zero-order chi connectivity index (χ0) is 15.2. The van der Waals surface area contributed by atoms with Gasteiger partial charge in [-0.15, -0.1) is 11.3 Å². The van der Waals surface area contributed by atoms with Gasteiger partial charge in [-0.05, 0) is 52.8 Å². The molecule has 0 aliphatic heterocycles. The van der Waals surface area contributed by atoms with E-state index in [1.54, 1.807) is 0 Å². The maximum atomic E-state index is 10.1. The van der Waals surface area contributed by atoms with E-state index in [0.717, 1.165) is 19.5 Å². The van der Waals surface area contributed by atoms with Crippen molar-refractivity contribution >= 4 is 11.3 Å². The molecule has 1 N–H and O–H groups in total. The molecule has 0 radical (unpaired) electrons. The fraction of sp³-hybridized carbons (Fsp3) is 0.750. The van der Waals surface area contributed by atoms with Crippen molar-refractivity contribution in [1.29, 1.82) is 0 Å². The Bertz CT molecular complexity index is 384. The maximum absolute atomic E-state index is 10.1. The number of hydrogen-bond donors (Lipinski definition) is 1. The molecule has 1 aromatic rings. The van der Waals surface area contributed by atoms with Crippen LogP contribution in [0.25, 0.3) is 0 Å². The maximum Gasteiger partial charge on any atom is 0.0900 e. The van der Waals surface area contributed by atoms with E-state index in [1.807, 2.05) is 32.1 Å². The van der Waals surface area contributed by atoms with E-state index in [9.17, 15) is 5.11 Å². The molecule has 0 bridgehead atoms. The molecule has 1 unspecified atom stereocenters. The fourth-order valence-electron chi connectivity index (χ4n) is 2.04. The molecular weight excluding hydrogens is 270 g/mol. The summed E-state index contributed by atoms with van der Waals surface area (Å²) in [5, 5.41) is 10.1. The van der Waals surface area contributed by atoms with Crippen molar-refractivity contribution in [3.8, 4) is 0 Å². The van der Waals surface area contributed by atoms with Gasteiger partial charge >= 0.3 is 0 Å². The fourth-order valence-corrected chi connectivity index (χ4v) is 2.97. The molecule has 116 valence electrons. The Kier molecular flexibility index (Phi) is 7.17. The van der Waals surface area contributed by atoms with Crippen molar-refractivity contribution in [3.63, 3.8) is 0 Å². The van der Waals surface area contributed by atoms with Crippen molar-refractivity contribution in [2.75, 3.05) is 19.7 Å². The van der Waals surface area contributed by atoms with E-state index in [-0.39, 0.29) is 5.60 Å². The van der Waals surface area contributed by atoms with Gasteiger partial charge in [0, 0.05) is 22.8 Å². The summed E-state index contributed by atoms with van der Waals surface area (Å²) in [5.74, 6) is 0. The van der Waals surface area contributed by atoms with Gasteiger partial charge < -0.3 is 9.84 Å². The predicted molar refractivity (Wildman–Crippen MR) is 86.3 cm³/mol. The highest BCUT2D eigenvalue weighted by Crippen LogP contribution is 2.17. The summed E-state index contributed by atoms with van der Waals surface area (Å²) in [5.41, 5.74) is -0.193. The van der Waals surface area contributed by atoms with Crippen LogP contribution in [0.4, 0.5) is 0 Å². The van der Waals surface area contributed by atoms with Gasteiger partial charge in [0.1, 0.15) is 0 Å². The molecule has 4 heteroatoms. The summed E-state index contributed by atoms with van der Waals surface area (Å²) >= 11 is 1.83. The van der Waals surface area contributed by atoms with Crippen LogP contribution >= 0.6 is 11.3 Å². The van der Waals surface area contributed by atoms with Crippen LogP contribution in [-0.2, 0) is 11.3 Å². The number of aliphatic hydroxyl groups excluding tert-OH is 1. The Morgan fingerprint density at radius 2 is 2.05 bits per heavy atom. The standard InChI is InChI=1S/C16H29NO2S/c1-6-9-17(11-15-8-7-13(2)20-15)10-14(18)12-19-16(3,4)5/h7-8,14,18H,6,9-12H2,1-5H3. The van der Waals surface area contributed by atoms with Crippen LogP contribution < -0.4 is 0 Å². The summed E-state index contributed by atoms with van der Waals surface area (Å²) in [6.45, 7) is 13.3. The topological polar surface area (TPSA) is 32.7 Å². The van der Waals surface area contributed by atoms with Crippen LogP contribution in [0.2, 0.25) is 0 Å². The number of aliphatic hydroxyl groups is 1. The first-order chi connectivity index (χ1) is 9.30. The minimum atomic E-state index is -0.429. The quantitative estimate of drug-likeness (QED) is 0.798. The third-order valence-electron chi connectivity index (χ3n) is 2.89. The average Bonchev–Trinajstić information content (AvgIpc) is 2.71. The molecule has 1 aromatic heterocycles. The molecule has 0 spiro atoms. The van der Waals surface area contributed by atoms with Crippen molar-refractivity contribution in [3.05, 3.63) is 21.9 Å². The van der Waals surface area contributed by atoms with E-state index >= 15 is 0 Å². The molecule has 0 aromatic carbocycles. The first-order valence-corrected chi connectivity index (χ1v) is 8.21. The first-order valence-electron chi connectivity index (χ1n) is 7.40. The molecule has 1 rings (SSSR count). The van der Waals surface area contributed by atoms with Crippen LogP contribution in [0.1, 0.15) is 43.9 Å².